The van der Waals surface area contributed by atoms with Crippen LogP contribution >= 0.6 is 0 Å². The number of benzene rings is 1. The standard InChI is InChI=1S/C9H10FNO2S/c1-7-9-5-3-2-4-8(9)6-11(7)14(10,12)13/h2-5,7H,6H2,1H3/t7-/m1/s1. The predicted molar refractivity (Wildman–Crippen MR) is 50.4 cm³/mol. The van der Waals surface area contributed by atoms with Gasteiger partial charge in [0.15, 0.2) is 0 Å². The van der Waals surface area contributed by atoms with Crippen molar-refractivity contribution in [2.24, 2.45) is 0 Å². The molecule has 76 valence electrons. The molecule has 0 aliphatic carbocycles. The molecule has 0 spiro atoms. The number of fused-ring (bicyclic) bond motifs is 1. The van der Waals surface area contributed by atoms with Gasteiger partial charge in [-0.25, -0.2) is 0 Å². The molecule has 1 aliphatic rings. The molecule has 0 bridgehead atoms. The Morgan fingerprint density at radius 2 is 2.07 bits per heavy atom. The molecule has 0 fully saturated rings. The van der Waals surface area contributed by atoms with Gasteiger partial charge in [-0.2, -0.15) is 12.7 Å². The topological polar surface area (TPSA) is 37.4 Å². The van der Waals surface area contributed by atoms with E-state index in [2.05, 4.69) is 0 Å². The highest BCUT2D eigenvalue weighted by Gasteiger charge is 2.34. The quantitative estimate of drug-likeness (QED) is 0.669. The molecule has 0 N–H and O–H groups in total. The Morgan fingerprint density at radius 1 is 1.43 bits per heavy atom. The summed E-state index contributed by atoms with van der Waals surface area (Å²) in [5, 5.41) is 0. The van der Waals surface area contributed by atoms with Crippen LogP contribution in [0.15, 0.2) is 24.3 Å². The summed E-state index contributed by atoms with van der Waals surface area (Å²) in [5.41, 5.74) is 1.76. The fourth-order valence-corrected chi connectivity index (χ4v) is 2.60. The van der Waals surface area contributed by atoms with Crippen molar-refractivity contribution in [2.45, 2.75) is 19.5 Å². The molecular formula is C9H10FNO2S. The highest BCUT2D eigenvalue weighted by atomic mass is 32.3. The van der Waals surface area contributed by atoms with Crippen molar-refractivity contribution in [2.75, 3.05) is 0 Å². The lowest BCUT2D eigenvalue weighted by Gasteiger charge is -2.15. The number of nitrogens with zero attached hydrogens (tertiary/aromatic N) is 1. The summed E-state index contributed by atoms with van der Waals surface area (Å²) in [7, 11) is -4.59. The summed E-state index contributed by atoms with van der Waals surface area (Å²) in [4.78, 5) is 0. The van der Waals surface area contributed by atoms with Gasteiger partial charge in [0.1, 0.15) is 0 Å². The first-order valence-corrected chi connectivity index (χ1v) is 5.63. The highest BCUT2D eigenvalue weighted by molar-refractivity contribution is 7.83. The molecule has 0 saturated carbocycles. The van der Waals surface area contributed by atoms with E-state index < -0.39 is 16.5 Å². The molecule has 5 heteroatoms. The van der Waals surface area contributed by atoms with Crippen LogP contribution in [0.4, 0.5) is 3.89 Å². The van der Waals surface area contributed by atoms with E-state index in [0.717, 1.165) is 15.4 Å². The van der Waals surface area contributed by atoms with Crippen molar-refractivity contribution >= 4 is 10.4 Å². The lowest BCUT2D eigenvalue weighted by atomic mass is 10.1. The number of hydrogen-bond donors (Lipinski definition) is 0. The van der Waals surface area contributed by atoms with Crippen molar-refractivity contribution in [3.05, 3.63) is 35.4 Å². The third-order valence-electron chi connectivity index (χ3n) is 2.54. The van der Waals surface area contributed by atoms with Crippen LogP contribution in [0.5, 0.6) is 0 Å². The zero-order chi connectivity index (χ0) is 10.3. The first-order chi connectivity index (χ1) is 6.50. The lowest BCUT2D eigenvalue weighted by Crippen LogP contribution is -2.24. The van der Waals surface area contributed by atoms with E-state index in [1.807, 2.05) is 24.3 Å². The highest BCUT2D eigenvalue weighted by Crippen LogP contribution is 2.35. The Morgan fingerprint density at radius 3 is 2.64 bits per heavy atom. The van der Waals surface area contributed by atoms with Crippen molar-refractivity contribution < 1.29 is 12.3 Å². The van der Waals surface area contributed by atoms with Crippen molar-refractivity contribution in [1.82, 2.24) is 4.31 Å². The van der Waals surface area contributed by atoms with Crippen LogP contribution in [-0.2, 0) is 17.0 Å². The van der Waals surface area contributed by atoms with Crippen LogP contribution in [0.1, 0.15) is 24.1 Å². The summed E-state index contributed by atoms with van der Waals surface area (Å²) in [6, 6.07) is 6.88. The zero-order valence-electron chi connectivity index (χ0n) is 7.64. The van der Waals surface area contributed by atoms with Gasteiger partial charge in [0.05, 0.1) is 6.04 Å². The molecule has 1 aliphatic heterocycles. The minimum atomic E-state index is -4.59. The van der Waals surface area contributed by atoms with Crippen LogP contribution in [-0.4, -0.2) is 12.7 Å². The maximum Gasteiger partial charge on any atom is 0.375 e. The second-order valence-electron chi connectivity index (χ2n) is 3.36. The third-order valence-corrected chi connectivity index (χ3v) is 3.55. The number of halogens is 1. The Bertz CT molecular complexity index is 458. The molecule has 0 aromatic heterocycles. The molecule has 0 unspecified atom stereocenters. The van der Waals surface area contributed by atoms with E-state index in [1.54, 1.807) is 6.92 Å². The van der Waals surface area contributed by atoms with Crippen LogP contribution in [0.3, 0.4) is 0 Å². The Kier molecular flexibility index (Phi) is 2.08. The summed E-state index contributed by atoms with van der Waals surface area (Å²) >= 11 is 0. The molecule has 1 atom stereocenters. The molecule has 0 saturated heterocycles. The molecule has 1 aromatic rings. The first kappa shape index (κ1) is 9.61. The maximum absolute atomic E-state index is 12.8. The van der Waals surface area contributed by atoms with Crippen LogP contribution < -0.4 is 0 Å². The van der Waals surface area contributed by atoms with Gasteiger partial charge in [0.2, 0.25) is 0 Å². The van der Waals surface area contributed by atoms with Gasteiger partial charge in [-0.05, 0) is 18.1 Å². The molecule has 1 aromatic carbocycles. The average molecular weight is 215 g/mol. The minimum Gasteiger partial charge on any atom is -0.177 e. The van der Waals surface area contributed by atoms with Gasteiger partial charge in [0, 0.05) is 6.54 Å². The van der Waals surface area contributed by atoms with Crippen molar-refractivity contribution in [3.63, 3.8) is 0 Å². The zero-order valence-corrected chi connectivity index (χ0v) is 8.46. The van der Waals surface area contributed by atoms with E-state index >= 15 is 0 Å². The van der Waals surface area contributed by atoms with Crippen LogP contribution in [0, 0.1) is 0 Å². The van der Waals surface area contributed by atoms with Crippen LogP contribution in [0.25, 0.3) is 0 Å². The lowest BCUT2D eigenvalue weighted by molar-refractivity contribution is 0.347. The average Bonchev–Trinajstić information content (AvgIpc) is 2.44. The van der Waals surface area contributed by atoms with E-state index in [4.69, 9.17) is 0 Å². The van der Waals surface area contributed by atoms with Crippen molar-refractivity contribution in [3.8, 4) is 0 Å². The molecular weight excluding hydrogens is 205 g/mol. The molecule has 2 rings (SSSR count). The van der Waals surface area contributed by atoms with Gasteiger partial charge >= 0.3 is 10.4 Å². The van der Waals surface area contributed by atoms with Gasteiger partial charge < -0.3 is 0 Å². The Balaban J connectivity index is 2.44. The predicted octanol–water partition coefficient (Wildman–Crippen LogP) is 1.78. The van der Waals surface area contributed by atoms with Crippen molar-refractivity contribution in [1.29, 1.82) is 0 Å². The molecule has 1 heterocycles. The van der Waals surface area contributed by atoms with E-state index in [0.29, 0.717) is 0 Å². The normalized spacial score (nSPS) is 22.3. The monoisotopic (exact) mass is 215 g/mol. The van der Waals surface area contributed by atoms with E-state index in [-0.39, 0.29) is 6.54 Å². The Labute approximate surface area is 82.5 Å². The molecule has 14 heavy (non-hydrogen) atoms. The molecule has 0 amide bonds. The SMILES string of the molecule is C[C@@H]1c2ccccc2CN1S(=O)(=O)F. The number of hydrogen-bond acceptors (Lipinski definition) is 2. The number of rotatable bonds is 1. The first-order valence-electron chi connectivity index (χ1n) is 4.29. The minimum absolute atomic E-state index is 0.135. The second-order valence-corrected chi connectivity index (χ2v) is 4.66. The fraction of sp³-hybridized carbons (Fsp3) is 0.333. The summed E-state index contributed by atoms with van der Waals surface area (Å²) in [6.45, 7) is 1.82. The van der Waals surface area contributed by atoms with E-state index in [9.17, 15) is 12.3 Å². The molecule has 3 nitrogen and oxygen atoms in total. The van der Waals surface area contributed by atoms with Gasteiger partial charge in [0.25, 0.3) is 0 Å². The summed E-state index contributed by atoms with van der Waals surface area (Å²) in [5.74, 6) is 0. The summed E-state index contributed by atoms with van der Waals surface area (Å²) < 4.78 is 35.2. The second kappa shape index (κ2) is 3.03. The Hall–Kier alpha value is -0.940. The third kappa shape index (κ3) is 1.42. The smallest absolute Gasteiger partial charge is 0.177 e. The van der Waals surface area contributed by atoms with Gasteiger partial charge in [-0.15, -0.1) is 0 Å². The van der Waals surface area contributed by atoms with Crippen LogP contribution in [0.2, 0.25) is 0 Å². The van der Waals surface area contributed by atoms with Gasteiger partial charge in [-0.3, -0.25) is 0 Å². The van der Waals surface area contributed by atoms with E-state index in [1.165, 1.54) is 0 Å². The summed E-state index contributed by atoms with van der Waals surface area (Å²) in [6.07, 6.45) is 0. The van der Waals surface area contributed by atoms with Gasteiger partial charge in [-0.1, -0.05) is 28.2 Å². The molecule has 0 radical (unpaired) electrons. The fourth-order valence-electron chi connectivity index (χ4n) is 1.81. The maximum atomic E-state index is 12.8. The largest absolute Gasteiger partial charge is 0.375 e.